The van der Waals surface area contributed by atoms with Crippen LogP contribution in [0.4, 0.5) is 0 Å². The van der Waals surface area contributed by atoms with Crippen LogP contribution in [0.25, 0.3) is 0 Å². The molecule has 0 aliphatic heterocycles. The maximum Gasteiger partial charge on any atom is 0.305 e. The van der Waals surface area contributed by atoms with E-state index in [-0.39, 0.29) is 33.9 Å². The first-order chi connectivity index (χ1) is 10.3. The van der Waals surface area contributed by atoms with Crippen molar-refractivity contribution in [1.82, 2.24) is 4.31 Å². The number of sulfonamides is 1. The van der Waals surface area contributed by atoms with Gasteiger partial charge in [0.05, 0.1) is 16.7 Å². The molecule has 0 bridgehead atoms. The van der Waals surface area contributed by atoms with Gasteiger partial charge in [0.25, 0.3) is 0 Å². The Hall–Kier alpha value is -0.820. The number of nitrogens with zero attached hydrogens (tertiary/aromatic N) is 1. The number of esters is 1. The molecule has 8 heteroatoms. The predicted molar refractivity (Wildman–Crippen MR) is 86.8 cm³/mol. The Morgan fingerprint density at radius 2 is 1.82 bits per heavy atom. The normalized spacial score (nSPS) is 11.7. The zero-order valence-electron chi connectivity index (χ0n) is 12.5. The minimum absolute atomic E-state index is 0.0888. The first-order valence-electron chi connectivity index (χ1n) is 6.86. The van der Waals surface area contributed by atoms with Crippen molar-refractivity contribution in [2.45, 2.75) is 31.1 Å². The molecule has 1 rings (SSSR count). The quantitative estimate of drug-likeness (QED) is 0.522. The number of rotatable bonds is 8. The monoisotopic (exact) mass is 367 g/mol. The molecule has 0 unspecified atom stereocenters. The van der Waals surface area contributed by atoms with E-state index in [0.29, 0.717) is 19.4 Å². The summed E-state index contributed by atoms with van der Waals surface area (Å²) in [7, 11) is -2.30. The number of hydrogen-bond donors (Lipinski definition) is 0. The van der Waals surface area contributed by atoms with E-state index in [0.717, 1.165) is 0 Å². The van der Waals surface area contributed by atoms with E-state index >= 15 is 0 Å². The first kappa shape index (κ1) is 19.2. The third-order valence-electron chi connectivity index (χ3n) is 3.00. The molecule has 0 aliphatic rings. The molecule has 124 valence electrons. The highest BCUT2D eigenvalue weighted by Crippen LogP contribution is 2.31. The summed E-state index contributed by atoms with van der Waals surface area (Å²) in [4.78, 5) is 11.1. The van der Waals surface area contributed by atoms with E-state index in [1.165, 1.54) is 23.5 Å². The summed E-state index contributed by atoms with van der Waals surface area (Å²) in [6, 6.07) is 4.55. The average Bonchev–Trinajstić information content (AvgIpc) is 2.43. The van der Waals surface area contributed by atoms with Gasteiger partial charge in [0.2, 0.25) is 10.0 Å². The number of unbranched alkanes of at least 4 members (excludes halogenated alkanes) is 1. The summed E-state index contributed by atoms with van der Waals surface area (Å²) in [6.45, 7) is 2.35. The van der Waals surface area contributed by atoms with E-state index in [1.54, 1.807) is 13.0 Å². The maximum atomic E-state index is 12.5. The van der Waals surface area contributed by atoms with Crippen molar-refractivity contribution in [3.05, 3.63) is 28.2 Å². The standard InChI is InChI=1S/C14H19Cl2NO4S/c1-3-21-13(18)9-4-5-10-17(2)22(19,20)14-11(15)7-6-8-12(14)16/h6-8H,3-5,9-10H2,1-2H3. The van der Waals surface area contributed by atoms with Crippen LogP contribution in [0, 0.1) is 0 Å². The lowest BCUT2D eigenvalue weighted by molar-refractivity contribution is -0.143. The van der Waals surface area contributed by atoms with Gasteiger partial charge in [0.1, 0.15) is 4.90 Å². The summed E-state index contributed by atoms with van der Waals surface area (Å²) >= 11 is 11.9. The zero-order chi connectivity index (χ0) is 16.8. The molecule has 0 N–H and O–H groups in total. The van der Waals surface area contributed by atoms with Gasteiger partial charge in [-0.15, -0.1) is 0 Å². The van der Waals surface area contributed by atoms with Crippen molar-refractivity contribution in [3.8, 4) is 0 Å². The minimum Gasteiger partial charge on any atom is -0.466 e. The topological polar surface area (TPSA) is 63.7 Å². The molecule has 0 saturated carbocycles. The first-order valence-corrected chi connectivity index (χ1v) is 9.06. The van der Waals surface area contributed by atoms with Crippen LogP contribution in [0.1, 0.15) is 26.2 Å². The largest absolute Gasteiger partial charge is 0.466 e. The molecular weight excluding hydrogens is 349 g/mol. The van der Waals surface area contributed by atoms with Gasteiger partial charge >= 0.3 is 5.97 Å². The Bertz CT molecular complexity index is 599. The van der Waals surface area contributed by atoms with Crippen molar-refractivity contribution in [2.24, 2.45) is 0 Å². The van der Waals surface area contributed by atoms with Crippen LogP contribution in [0.15, 0.2) is 23.1 Å². The minimum atomic E-state index is -3.76. The molecule has 0 radical (unpaired) electrons. The van der Waals surface area contributed by atoms with Gasteiger partial charge in [-0.3, -0.25) is 4.79 Å². The Kier molecular flexibility index (Phi) is 7.62. The van der Waals surface area contributed by atoms with Crippen molar-refractivity contribution in [2.75, 3.05) is 20.2 Å². The molecule has 0 atom stereocenters. The van der Waals surface area contributed by atoms with Gasteiger partial charge < -0.3 is 4.74 Å². The van der Waals surface area contributed by atoms with Gasteiger partial charge in [0.15, 0.2) is 0 Å². The van der Waals surface area contributed by atoms with Gasteiger partial charge in [-0.25, -0.2) is 12.7 Å². The maximum absolute atomic E-state index is 12.5. The summed E-state index contributed by atoms with van der Waals surface area (Å²) in [5.74, 6) is -0.276. The number of carbonyl (C=O) groups excluding carboxylic acids is 1. The predicted octanol–water partition coefficient (Wildman–Crippen LogP) is 3.35. The number of halogens is 2. The fourth-order valence-corrected chi connectivity index (χ4v) is 4.13. The number of ether oxygens (including phenoxy) is 1. The van der Waals surface area contributed by atoms with Crippen LogP contribution in [-0.4, -0.2) is 38.9 Å². The van der Waals surface area contributed by atoms with Crippen LogP contribution in [0.2, 0.25) is 10.0 Å². The third kappa shape index (κ3) is 5.12. The Morgan fingerprint density at radius 1 is 1.23 bits per heavy atom. The highest BCUT2D eigenvalue weighted by molar-refractivity contribution is 7.89. The van der Waals surface area contributed by atoms with Crippen LogP contribution in [-0.2, 0) is 19.6 Å². The summed E-state index contributed by atoms with van der Waals surface area (Å²) in [6.07, 6.45) is 1.36. The Morgan fingerprint density at radius 3 is 2.36 bits per heavy atom. The lowest BCUT2D eigenvalue weighted by atomic mass is 10.2. The number of hydrogen-bond acceptors (Lipinski definition) is 4. The SMILES string of the molecule is CCOC(=O)CCCCN(C)S(=O)(=O)c1c(Cl)cccc1Cl. The summed E-state index contributed by atoms with van der Waals surface area (Å²) in [5.41, 5.74) is 0. The molecule has 0 heterocycles. The van der Waals surface area contributed by atoms with Crippen LogP contribution in [0.5, 0.6) is 0 Å². The molecule has 0 saturated heterocycles. The number of benzene rings is 1. The molecule has 0 aromatic heterocycles. The number of carbonyl (C=O) groups is 1. The Balaban J connectivity index is 2.65. The average molecular weight is 368 g/mol. The fourth-order valence-electron chi connectivity index (χ4n) is 1.84. The molecular formula is C14H19Cl2NO4S. The van der Waals surface area contributed by atoms with Crippen molar-refractivity contribution < 1.29 is 17.9 Å². The van der Waals surface area contributed by atoms with Gasteiger partial charge in [-0.1, -0.05) is 29.3 Å². The molecule has 5 nitrogen and oxygen atoms in total. The third-order valence-corrected chi connectivity index (χ3v) is 5.81. The Labute approximate surface area is 141 Å². The molecule has 0 aliphatic carbocycles. The molecule has 1 aromatic rings. The van der Waals surface area contributed by atoms with Crippen LogP contribution in [0.3, 0.4) is 0 Å². The summed E-state index contributed by atoms with van der Waals surface area (Å²) < 4.78 is 30.9. The van der Waals surface area contributed by atoms with Crippen molar-refractivity contribution >= 4 is 39.2 Å². The zero-order valence-corrected chi connectivity index (χ0v) is 14.8. The van der Waals surface area contributed by atoms with E-state index in [1.807, 2.05) is 0 Å². The van der Waals surface area contributed by atoms with Gasteiger partial charge in [0, 0.05) is 20.0 Å². The second-order valence-electron chi connectivity index (χ2n) is 4.64. The molecule has 0 spiro atoms. The highest BCUT2D eigenvalue weighted by Gasteiger charge is 2.26. The molecule has 22 heavy (non-hydrogen) atoms. The smallest absolute Gasteiger partial charge is 0.305 e. The fraction of sp³-hybridized carbons (Fsp3) is 0.500. The van der Waals surface area contributed by atoms with Crippen molar-refractivity contribution in [1.29, 1.82) is 0 Å². The van der Waals surface area contributed by atoms with E-state index in [2.05, 4.69) is 0 Å². The van der Waals surface area contributed by atoms with E-state index < -0.39 is 10.0 Å². The lowest BCUT2D eigenvalue weighted by Gasteiger charge is -2.18. The van der Waals surface area contributed by atoms with E-state index in [9.17, 15) is 13.2 Å². The van der Waals surface area contributed by atoms with Gasteiger partial charge in [-0.2, -0.15) is 0 Å². The molecule has 0 fully saturated rings. The summed E-state index contributed by atoms with van der Waals surface area (Å²) in [5, 5.41) is 0.178. The van der Waals surface area contributed by atoms with Crippen LogP contribution < -0.4 is 0 Å². The highest BCUT2D eigenvalue weighted by atomic mass is 35.5. The second kappa shape index (κ2) is 8.72. The van der Waals surface area contributed by atoms with Crippen LogP contribution >= 0.6 is 23.2 Å². The lowest BCUT2D eigenvalue weighted by Crippen LogP contribution is -2.28. The molecule has 1 aromatic carbocycles. The van der Waals surface area contributed by atoms with E-state index in [4.69, 9.17) is 27.9 Å². The van der Waals surface area contributed by atoms with Gasteiger partial charge in [-0.05, 0) is 31.9 Å². The van der Waals surface area contributed by atoms with Crippen molar-refractivity contribution in [3.63, 3.8) is 0 Å². The second-order valence-corrected chi connectivity index (χ2v) is 7.44. The molecule has 0 amide bonds.